The maximum absolute atomic E-state index is 13.4. The average Bonchev–Trinajstić information content (AvgIpc) is 2.92. The fourth-order valence-corrected chi connectivity index (χ4v) is 4.86. The number of hydrogen-bond donors (Lipinski definition) is 0. The monoisotopic (exact) mass is 485 g/mol. The molecule has 2 aromatic carbocycles. The van der Waals surface area contributed by atoms with Crippen LogP contribution < -0.4 is 9.80 Å². The van der Waals surface area contributed by atoms with Crippen LogP contribution in [0.25, 0.3) is 0 Å². The Labute approximate surface area is 216 Å². The van der Waals surface area contributed by atoms with E-state index in [1.54, 1.807) is 12.4 Å². The van der Waals surface area contributed by atoms with Gasteiger partial charge in [0, 0.05) is 57.2 Å². The number of aryl methyl sites for hydroxylation is 1. The standard InChI is InChI=1S/C30H39N5O/c1-25(2)23-29(36)35-20-10-19-34(30-31-16-9-17-32-30)22-21-33(24-27-14-6-7-15-28(27)35)18-8-13-26-11-4-3-5-12-26/h3-7,9,11-12,14-17,25H,8,10,13,18-24H2,1-2H3. The second kappa shape index (κ2) is 13.2. The number of carbonyl (C=O) groups excluding carboxylic acids is 1. The second-order valence-corrected chi connectivity index (χ2v) is 10.0. The van der Waals surface area contributed by atoms with E-state index in [2.05, 4.69) is 88.2 Å². The van der Waals surface area contributed by atoms with Crippen LogP contribution in [0.1, 0.15) is 44.2 Å². The van der Waals surface area contributed by atoms with Crippen molar-refractivity contribution in [2.75, 3.05) is 42.5 Å². The lowest BCUT2D eigenvalue weighted by Crippen LogP contribution is -2.37. The van der Waals surface area contributed by atoms with E-state index in [9.17, 15) is 4.79 Å². The quantitative estimate of drug-likeness (QED) is 0.460. The van der Waals surface area contributed by atoms with Crippen LogP contribution in [0.15, 0.2) is 73.1 Å². The number of aromatic nitrogens is 2. The molecule has 0 saturated carbocycles. The van der Waals surface area contributed by atoms with Crippen LogP contribution in [0.2, 0.25) is 0 Å². The number of fused-ring (bicyclic) bond motifs is 1. The number of anilines is 2. The largest absolute Gasteiger partial charge is 0.339 e. The third kappa shape index (κ3) is 7.37. The molecule has 0 atom stereocenters. The predicted octanol–water partition coefficient (Wildman–Crippen LogP) is 5.20. The number of benzene rings is 2. The Balaban J connectivity index is 1.58. The predicted molar refractivity (Wildman–Crippen MR) is 147 cm³/mol. The fraction of sp³-hybridized carbons (Fsp3) is 0.433. The first-order valence-electron chi connectivity index (χ1n) is 13.3. The summed E-state index contributed by atoms with van der Waals surface area (Å²) in [5, 5.41) is 0. The van der Waals surface area contributed by atoms with E-state index in [0.29, 0.717) is 18.9 Å². The number of nitrogens with zero attached hydrogens (tertiary/aromatic N) is 5. The summed E-state index contributed by atoms with van der Waals surface area (Å²) in [6.45, 7) is 9.32. The Morgan fingerprint density at radius 2 is 1.64 bits per heavy atom. The maximum atomic E-state index is 13.4. The molecule has 1 amide bonds. The minimum atomic E-state index is 0.204. The van der Waals surface area contributed by atoms with Gasteiger partial charge in [0.05, 0.1) is 0 Å². The lowest BCUT2D eigenvalue weighted by atomic mass is 10.1. The average molecular weight is 486 g/mol. The number of carbonyl (C=O) groups is 1. The van der Waals surface area contributed by atoms with Crippen molar-refractivity contribution in [3.63, 3.8) is 0 Å². The Bertz CT molecular complexity index is 1070. The molecule has 0 N–H and O–H groups in total. The Morgan fingerprint density at radius 3 is 2.42 bits per heavy atom. The van der Waals surface area contributed by atoms with Crippen molar-refractivity contribution >= 4 is 17.5 Å². The van der Waals surface area contributed by atoms with Gasteiger partial charge in [-0.15, -0.1) is 0 Å². The Hall–Kier alpha value is -3.25. The van der Waals surface area contributed by atoms with Gasteiger partial charge in [-0.25, -0.2) is 9.97 Å². The number of para-hydroxylation sites is 1. The molecule has 1 aromatic heterocycles. The van der Waals surface area contributed by atoms with Crippen molar-refractivity contribution in [2.24, 2.45) is 5.92 Å². The molecule has 0 fully saturated rings. The van der Waals surface area contributed by atoms with Gasteiger partial charge in [-0.1, -0.05) is 62.4 Å². The topological polar surface area (TPSA) is 52.6 Å². The zero-order chi connectivity index (χ0) is 25.2. The molecule has 0 spiro atoms. The van der Waals surface area contributed by atoms with Crippen molar-refractivity contribution in [3.8, 4) is 0 Å². The highest BCUT2D eigenvalue weighted by molar-refractivity contribution is 5.94. The van der Waals surface area contributed by atoms with Gasteiger partial charge < -0.3 is 9.80 Å². The molecular weight excluding hydrogens is 446 g/mol. The van der Waals surface area contributed by atoms with E-state index in [1.807, 2.05) is 11.0 Å². The normalized spacial score (nSPS) is 15.4. The van der Waals surface area contributed by atoms with Gasteiger partial charge in [-0.05, 0) is 55.0 Å². The van der Waals surface area contributed by atoms with Crippen molar-refractivity contribution < 1.29 is 4.79 Å². The van der Waals surface area contributed by atoms with Crippen LogP contribution in [-0.4, -0.2) is 53.5 Å². The zero-order valence-electron chi connectivity index (χ0n) is 21.7. The summed E-state index contributed by atoms with van der Waals surface area (Å²) in [4.78, 5) is 29.2. The Morgan fingerprint density at radius 1 is 0.889 bits per heavy atom. The zero-order valence-corrected chi connectivity index (χ0v) is 21.7. The highest BCUT2D eigenvalue weighted by atomic mass is 16.2. The summed E-state index contributed by atoms with van der Waals surface area (Å²) in [5.74, 6) is 1.29. The molecule has 0 bridgehead atoms. The summed E-state index contributed by atoms with van der Waals surface area (Å²) < 4.78 is 0. The van der Waals surface area contributed by atoms with Gasteiger partial charge in [0.25, 0.3) is 0 Å². The molecule has 0 saturated heterocycles. The minimum absolute atomic E-state index is 0.204. The molecule has 0 unspecified atom stereocenters. The van der Waals surface area contributed by atoms with E-state index >= 15 is 0 Å². The van der Waals surface area contributed by atoms with Crippen LogP contribution in [0.4, 0.5) is 11.6 Å². The second-order valence-electron chi connectivity index (χ2n) is 10.0. The van der Waals surface area contributed by atoms with Crippen LogP contribution in [0, 0.1) is 5.92 Å². The van der Waals surface area contributed by atoms with Gasteiger partial charge >= 0.3 is 0 Å². The van der Waals surface area contributed by atoms with E-state index in [-0.39, 0.29) is 5.91 Å². The van der Waals surface area contributed by atoms with Gasteiger partial charge in [-0.3, -0.25) is 9.69 Å². The number of rotatable bonds is 7. The third-order valence-corrected chi connectivity index (χ3v) is 6.67. The van der Waals surface area contributed by atoms with Crippen molar-refractivity contribution in [1.82, 2.24) is 14.9 Å². The first-order chi connectivity index (χ1) is 17.6. The molecule has 2 heterocycles. The molecule has 6 nitrogen and oxygen atoms in total. The summed E-state index contributed by atoms with van der Waals surface area (Å²) in [7, 11) is 0. The van der Waals surface area contributed by atoms with E-state index in [0.717, 1.165) is 63.6 Å². The lowest BCUT2D eigenvalue weighted by Gasteiger charge is -2.28. The van der Waals surface area contributed by atoms with Gasteiger partial charge in [0.15, 0.2) is 0 Å². The highest BCUT2D eigenvalue weighted by Crippen LogP contribution is 2.25. The molecular formula is C30H39N5O. The van der Waals surface area contributed by atoms with Crippen molar-refractivity contribution in [1.29, 1.82) is 0 Å². The summed E-state index contributed by atoms with van der Waals surface area (Å²) in [5.41, 5.74) is 3.65. The molecule has 0 radical (unpaired) electrons. The first-order valence-corrected chi connectivity index (χ1v) is 13.3. The van der Waals surface area contributed by atoms with Crippen LogP contribution in [0.5, 0.6) is 0 Å². The smallest absolute Gasteiger partial charge is 0.227 e. The van der Waals surface area contributed by atoms with Crippen LogP contribution >= 0.6 is 0 Å². The molecule has 1 aliphatic heterocycles. The van der Waals surface area contributed by atoms with Crippen LogP contribution in [-0.2, 0) is 17.8 Å². The highest BCUT2D eigenvalue weighted by Gasteiger charge is 2.22. The molecule has 3 aromatic rings. The molecule has 1 aliphatic rings. The summed E-state index contributed by atoms with van der Waals surface area (Å²) in [6.07, 6.45) is 7.18. The summed E-state index contributed by atoms with van der Waals surface area (Å²) in [6, 6.07) is 21.0. The summed E-state index contributed by atoms with van der Waals surface area (Å²) >= 11 is 0. The van der Waals surface area contributed by atoms with Crippen molar-refractivity contribution in [3.05, 3.63) is 84.2 Å². The van der Waals surface area contributed by atoms with E-state index in [1.165, 1.54) is 11.1 Å². The fourth-order valence-electron chi connectivity index (χ4n) is 4.86. The SMILES string of the molecule is CC(C)CC(=O)N1CCCN(c2ncccn2)CCN(CCCc2ccccc2)Cc2ccccc21. The van der Waals surface area contributed by atoms with Crippen LogP contribution in [0.3, 0.4) is 0 Å². The first kappa shape index (κ1) is 25.8. The van der Waals surface area contributed by atoms with Gasteiger partial charge in [-0.2, -0.15) is 0 Å². The molecule has 4 rings (SSSR count). The van der Waals surface area contributed by atoms with Crippen molar-refractivity contribution in [2.45, 2.75) is 46.1 Å². The van der Waals surface area contributed by atoms with E-state index in [4.69, 9.17) is 0 Å². The molecule has 36 heavy (non-hydrogen) atoms. The van der Waals surface area contributed by atoms with Gasteiger partial charge in [0.2, 0.25) is 11.9 Å². The third-order valence-electron chi connectivity index (χ3n) is 6.67. The Kier molecular flexibility index (Phi) is 9.45. The number of hydrogen-bond acceptors (Lipinski definition) is 5. The molecule has 190 valence electrons. The number of amides is 1. The molecule has 0 aliphatic carbocycles. The van der Waals surface area contributed by atoms with Gasteiger partial charge in [0.1, 0.15) is 0 Å². The lowest BCUT2D eigenvalue weighted by molar-refractivity contribution is -0.119. The molecule has 6 heteroatoms. The maximum Gasteiger partial charge on any atom is 0.227 e. The minimum Gasteiger partial charge on any atom is -0.339 e. The van der Waals surface area contributed by atoms with E-state index < -0.39 is 0 Å².